The number of rotatable bonds is 6. The van der Waals surface area contributed by atoms with Gasteiger partial charge < -0.3 is 5.32 Å². The molecule has 0 aliphatic heterocycles. The van der Waals surface area contributed by atoms with Gasteiger partial charge in [0.2, 0.25) is 0 Å². The third-order valence-electron chi connectivity index (χ3n) is 3.00. The van der Waals surface area contributed by atoms with Gasteiger partial charge in [0.25, 0.3) is 11.2 Å². The van der Waals surface area contributed by atoms with Crippen LogP contribution in [0.3, 0.4) is 0 Å². The van der Waals surface area contributed by atoms with E-state index in [1.54, 1.807) is 18.2 Å². The van der Waals surface area contributed by atoms with Crippen molar-refractivity contribution >= 4 is 5.69 Å². The average molecular weight is 288 g/mol. The molecule has 0 bridgehead atoms. The predicted molar refractivity (Wildman–Crippen MR) is 78.9 cm³/mol. The van der Waals surface area contributed by atoms with E-state index in [1.807, 2.05) is 6.92 Å². The van der Waals surface area contributed by atoms with Crippen LogP contribution in [0.15, 0.2) is 35.1 Å². The van der Waals surface area contributed by atoms with Gasteiger partial charge in [-0.3, -0.25) is 14.9 Å². The summed E-state index contributed by atoms with van der Waals surface area (Å²) >= 11 is 0. The molecule has 1 aromatic carbocycles. The average Bonchev–Trinajstić information content (AvgIpc) is 2.49. The molecule has 7 heteroatoms. The first-order valence-electron chi connectivity index (χ1n) is 6.66. The SMILES string of the molecule is CCCNCc1cc(-c2ccc([N+](=O)[O-])cc2)n[nH]c1=O. The van der Waals surface area contributed by atoms with Crippen molar-refractivity contribution in [3.05, 3.63) is 56.4 Å². The second kappa shape index (κ2) is 6.76. The van der Waals surface area contributed by atoms with E-state index < -0.39 is 4.92 Å². The molecule has 2 rings (SSSR count). The summed E-state index contributed by atoms with van der Waals surface area (Å²) in [7, 11) is 0. The van der Waals surface area contributed by atoms with E-state index in [4.69, 9.17) is 0 Å². The van der Waals surface area contributed by atoms with Crippen molar-refractivity contribution in [1.29, 1.82) is 0 Å². The summed E-state index contributed by atoms with van der Waals surface area (Å²) < 4.78 is 0. The highest BCUT2D eigenvalue weighted by Gasteiger charge is 2.08. The molecular formula is C14H16N4O3. The quantitative estimate of drug-likeness (QED) is 0.480. The van der Waals surface area contributed by atoms with Crippen molar-refractivity contribution in [2.45, 2.75) is 19.9 Å². The van der Waals surface area contributed by atoms with Crippen LogP contribution in [0.1, 0.15) is 18.9 Å². The first-order valence-corrected chi connectivity index (χ1v) is 6.66. The first kappa shape index (κ1) is 14.9. The molecule has 21 heavy (non-hydrogen) atoms. The van der Waals surface area contributed by atoms with E-state index in [2.05, 4.69) is 15.5 Å². The zero-order valence-electron chi connectivity index (χ0n) is 11.6. The van der Waals surface area contributed by atoms with Crippen molar-refractivity contribution in [2.75, 3.05) is 6.54 Å². The molecule has 2 aromatic rings. The summed E-state index contributed by atoms with van der Waals surface area (Å²) in [5.41, 5.74) is 1.68. The molecule has 0 unspecified atom stereocenters. The highest BCUT2D eigenvalue weighted by Crippen LogP contribution is 2.20. The molecule has 7 nitrogen and oxygen atoms in total. The number of nitro benzene ring substituents is 1. The number of nitrogens with one attached hydrogen (secondary N) is 2. The molecule has 0 radical (unpaired) electrons. The molecule has 0 saturated heterocycles. The van der Waals surface area contributed by atoms with Crippen LogP contribution in [0.4, 0.5) is 5.69 Å². The van der Waals surface area contributed by atoms with E-state index in [9.17, 15) is 14.9 Å². The van der Waals surface area contributed by atoms with Crippen molar-refractivity contribution in [3.8, 4) is 11.3 Å². The minimum Gasteiger partial charge on any atom is -0.312 e. The Kier molecular flexibility index (Phi) is 4.78. The standard InChI is InChI=1S/C14H16N4O3/c1-2-7-15-9-11-8-13(16-17-14(11)19)10-3-5-12(6-4-10)18(20)21/h3-6,8,15H,2,7,9H2,1H3,(H,17,19). The smallest absolute Gasteiger partial charge is 0.269 e. The number of benzene rings is 1. The molecule has 0 aliphatic rings. The Morgan fingerprint density at radius 1 is 1.33 bits per heavy atom. The van der Waals surface area contributed by atoms with Gasteiger partial charge in [0.05, 0.1) is 10.6 Å². The molecule has 0 amide bonds. The molecular weight excluding hydrogens is 272 g/mol. The fourth-order valence-corrected chi connectivity index (χ4v) is 1.88. The Labute approximate surface area is 121 Å². The van der Waals surface area contributed by atoms with Crippen LogP contribution < -0.4 is 10.9 Å². The number of hydrogen-bond donors (Lipinski definition) is 2. The van der Waals surface area contributed by atoms with E-state index in [0.717, 1.165) is 13.0 Å². The normalized spacial score (nSPS) is 10.5. The highest BCUT2D eigenvalue weighted by molar-refractivity contribution is 5.60. The van der Waals surface area contributed by atoms with E-state index in [-0.39, 0.29) is 11.2 Å². The number of aromatic nitrogens is 2. The first-order chi connectivity index (χ1) is 10.1. The second-order valence-electron chi connectivity index (χ2n) is 4.59. The van der Waals surface area contributed by atoms with Crippen LogP contribution in [-0.2, 0) is 6.54 Å². The van der Waals surface area contributed by atoms with Gasteiger partial charge in [-0.25, -0.2) is 5.10 Å². The van der Waals surface area contributed by atoms with Crippen LogP contribution in [0.5, 0.6) is 0 Å². The van der Waals surface area contributed by atoms with Gasteiger partial charge in [0.15, 0.2) is 0 Å². The van der Waals surface area contributed by atoms with Crippen LogP contribution in [-0.4, -0.2) is 21.7 Å². The molecule has 0 atom stereocenters. The fraction of sp³-hybridized carbons (Fsp3) is 0.286. The molecule has 0 aliphatic carbocycles. The summed E-state index contributed by atoms with van der Waals surface area (Å²) in [6.07, 6.45) is 0.984. The monoisotopic (exact) mass is 288 g/mol. The molecule has 0 fully saturated rings. The third kappa shape index (κ3) is 3.73. The van der Waals surface area contributed by atoms with Crippen LogP contribution in [0.2, 0.25) is 0 Å². The minimum atomic E-state index is -0.454. The summed E-state index contributed by atoms with van der Waals surface area (Å²) in [5.74, 6) is 0. The Hall–Kier alpha value is -2.54. The Balaban J connectivity index is 2.25. The lowest BCUT2D eigenvalue weighted by molar-refractivity contribution is -0.384. The number of aromatic amines is 1. The lowest BCUT2D eigenvalue weighted by Crippen LogP contribution is -2.22. The summed E-state index contributed by atoms with van der Waals surface area (Å²) in [6.45, 7) is 3.34. The topological polar surface area (TPSA) is 101 Å². The van der Waals surface area contributed by atoms with Gasteiger partial charge in [-0.15, -0.1) is 0 Å². The molecule has 1 aromatic heterocycles. The number of nitrogens with zero attached hydrogens (tertiary/aromatic N) is 2. The molecule has 0 spiro atoms. The van der Waals surface area contributed by atoms with E-state index in [0.29, 0.717) is 23.4 Å². The Morgan fingerprint density at radius 2 is 2.05 bits per heavy atom. The molecule has 2 N–H and O–H groups in total. The molecule has 110 valence electrons. The number of hydrogen-bond acceptors (Lipinski definition) is 5. The van der Waals surface area contributed by atoms with Crippen molar-refractivity contribution < 1.29 is 4.92 Å². The predicted octanol–water partition coefficient (Wildman–Crippen LogP) is 1.84. The largest absolute Gasteiger partial charge is 0.312 e. The highest BCUT2D eigenvalue weighted by atomic mass is 16.6. The van der Waals surface area contributed by atoms with Crippen LogP contribution >= 0.6 is 0 Å². The van der Waals surface area contributed by atoms with Gasteiger partial charge in [-0.05, 0) is 31.2 Å². The van der Waals surface area contributed by atoms with Crippen molar-refractivity contribution in [1.82, 2.24) is 15.5 Å². The minimum absolute atomic E-state index is 0.0213. The van der Waals surface area contributed by atoms with Crippen molar-refractivity contribution in [2.24, 2.45) is 0 Å². The zero-order chi connectivity index (χ0) is 15.2. The van der Waals surface area contributed by atoms with Crippen molar-refractivity contribution in [3.63, 3.8) is 0 Å². The lowest BCUT2D eigenvalue weighted by Gasteiger charge is -2.05. The molecule has 0 saturated carbocycles. The number of non-ortho nitro benzene ring substituents is 1. The van der Waals surface area contributed by atoms with E-state index in [1.165, 1.54) is 12.1 Å². The van der Waals surface area contributed by atoms with E-state index >= 15 is 0 Å². The van der Waals surface area contributed by atoms with Gasteiger partial charge in [-0.1, -0.05) is 6.92 Å². The maximum absolute atomic E-state index is 11.7. The van der Waals surface area contributed by atoms with Gasteiger partial charge in [0.1, 0.15) is 0 Å². The van der Waals surface area contributed by atoms with Gasteiger partial charge >= 0.3 is 0 Å². The summed E-state index contributed by atoms with van der Waals surface area (Å²) in [4.78, 5) is 21.9. The summed E-state index contributed by atoms with van der Waals surface area (Å²) in [5, 5.41) is 20.2. The van der Waals surface area contributed by atoms with Crippen LogP contribution in [0, 0.1) is 10.1 Å². The van der Waals surface area contributed by atoms with Gasteiger partial charge in [-0.2, -0.15) is 5.10 Å². The van der Waals surface area contributed by atoms with Gasteiger partial charge in [0, 0.05) is 29.8 Å². The van der Waals surface area contributed by atoms with Crippen LogP contribution in [0.25, 0.3) is 11.3 Å². The molecule has 1 heterocycles. The maximum atomic E-state index is 11.7. The third-order valence-corrected chi connectivity index (χ3v) is 3.00. The maximum Gasteiger partial charge on any atom is 0.269 e. The lowest BCUT2D eigenvalue weighted by atomic mass is 10.1. The zero-order valence-corrected chi connectivity index (χ0v) is 11.6. The summed E-state index contributed by atoms with van der Waals surface area (Å²) in [6, 6.07) is 7.75. The Bertz CT molecular complexity index is 679. The Morgan fingerprint density at radius 3 is 2.67 bits per heavy atom. The fourth-order valence-electron chi connectivity index (χ4n) is 1.88. The number of nitro groups is 1. The second-order valence-corrected chi connectivity index (χ2v) is 4.59. The number of H-pyrrole nitrogens is 1.